The molecule has 21 heavy (non-hydrogen) atoms. The van der Waals surface area contributed by atoms with Crippen LogP contribution in [0.25, 0.3) is 0 Å². The van der Waals surface area contributed by atoms with Gasteiger partial charge in [0.25, 0.3) is 0 Å². The van der Waals surface area contributed by atoms with Crippen molar-refractivity contribution in [1.29, 1.82) is 0 Å². The molecule has 0 amide bonds. The molecule has 2 atom stereocenters. The monoisotopic (exact) mass is 290 g/mol. The zero-order chi connectivity index (χ0) is 14.7. The Hall–Kier alpha value is -1.26. The third kappa shape index (κ3) is 3.33. The van der Waals surface area contributed by atoms with Crippen molar-refractivity contribution in [2.75, 3.05) is 20.2 Å². The van der Waals surface area contributed by atoms with Crippen molar-refractivity contribution >= 4 is 0 Å². The number of benzene rings is 1. The number of aromatic hydroxyl groups is 1. The second-order valence-electron chi connectivity index (χ2n) is 6.23. The minimum atomic E-state index is 0.375. The predicted molar refractivity (Wildman–Crippen MR) is 83.7 cm³/mol. The normalized spacial score (nSPS) is 26.9. The van der Waals surface area contributed by atoms with Crippen LogP contribution < -0.4 is 10.1 Å². The lowest BCUT2D eigenvalue weighted by molar-refractivity contribution is 0.111. The molecule has 2 unspecified atom stereocenters. The number of likely N-dealkylation sites (tertiary alicyclic amines) is 1. The minimum Gasteiger partial charge on any atom is -0.508 e. The first-order valence-corrected chi connectivity index (χ1v) is 8.11. The third-order valence-electron chi connectivity index (χ3n) is 4.89. The quantitative estimate of drug-likeness (QED) is 0.894. The Morgan fingerprint density at radius 1 is 1.29 bits per heavy atom. The van der Waals surface area contributed by atoms with Crippen LogP contribution in [-0.4, -0.2) is 42.3 Å². The summed E-state index contributed by atoms with van der Waals surface area (Å²) in [4.78, 5) is 2.54. The highest BCUT2D eigenvalue weighted by Crippen LogP contribution is 2.29. The maximum Gasteiger partial charge on any atom is 0.120 e. The van der Waals surface area contributed by atoms with E-state index in [0.717, 1.165) is 30.9 Å². The summed E-state index contributed by atoms with van der Waals surface area (Å²) in [5, 5.41) is 13.8. The molecule has 4 nitrogen and oxygen atoms in total. The van der Waals surface area contributed by atoms with Crippen LogP contribution in [0, 0.1) is 0 Å². The van der Waals surface area contributed by atoms with Gasteiger partial charge in [0.1, 0.15) is 11.5 Å². The number of hydrogen-bond donors (Lipinski definition) is 2. The van der Waals surface area contributed by atoms with Crippen molar-refractivity contribution in [3.05, 3.63) is 23.8 Å². The predicted octanol–water partition coefficient (Wildman–Crippen LogP) is 2.51. The van der Waals surface area contributed by atoms with Crippen LogP contribution in [0.1, 0.15) is 37.7 Å². The molecular formula is C17H26N2O2. The van der Waals surface area contributed by atoms with Gasteiger partial charge in [-0.1, -0.05) is 6.42 Å². The summed E-state index contributed by atoms with van der Waals surface area (Å²) in [5.41, 5.74) is 0.972. The molecular weight excluding hydrogens is 264 g/mol. The molecule has 1 aromatic carbocycles. The number of ether oxygens (including phenoxy) is 1. The molecule has 0 saturated carbocycles. The number of hydrogen-bond acceptors (Lipinski definition) is 4. The van der Waals surface area contributed by atoms with E-state index in [2.05, 4.69) is 10.2 Å². The van der Waals surface area contributed by atoms with E-state index < -0.39 is 0 Å². The Morgan fingerprint density at radius 3 is 2.95 bits per heavy atom. The Labute approximate surface area is 127 Å². The van der Waals surface area contributed by atoms with E-state index in [-0.39, 0.29) is 0 Å². The number of piperidine rings is 1. The molecule has 3 rings (SSSR count). The molecule has 0 bridgehead atoms. The molecule has 0 aliphatic carbocycles. The van der Waals surface area contributed by atoms with Gasteiger partial charge in [-0.25, -0.2) is 0 Å². The SMILES string of the molecule is COc1ccc(O)c(CN2CCCCC2C2CCCN2)c1. The van der Waals surface area contributed by atoms with Gasteiger partial charge in [0.05, 0.1) is 7.11 Å². The van der Waals surface area contributed by atoms with E-state index in [1.54, 1.807) is 13.2 Å². The summed E-state index contributed by atoms with van der Waals surface area (Å²) >= 11 is 0. The first kappa shape index (κ1) is 14.7. The van der Waals surface area contributed by atoms with Crippen molar-refractivity contribution in [3.63, 3.8) is 0 Å². The fourth-order valence-corrected chi connectivity index (χ4v) is 3.74. The van der Waals surface area contributed by atoms with E-state index in [1.807, 2.05) is 12.1 Å². The first-order valence-electron chi connectivity index (χ1n) is 8.11. The number of phenolic OH excluding ortho intramolecular Hbond substituents is 1. The highest BCUT2D eigenvalue weighted by Gasteiger charge is 2.31. The summed E-state index contributed by atoms with van der Waals surface area (Å²) in [5.74, 6) is 1.19. The Morgan fingerprint density at radius 2 is 2.19 bits per heavy atom. The van der Waals surface area contributed by atoms with Crippen LogP contribution in [0.5, 0.6) is 11.5 Å². The van der Waals surface area contributed by atoms with E-state index in [4.69, 9.17) is 4.74 Å². The minimum absolute atomic E-state index is 0.375. The van der Waals surface area contributed by atoms with Crippen molar-refractivity contribution < 1.29 is 9.84 Å². The molecule has 116 valence electrons. The summed E-state index contributed by atoms with van der Waals surface area (Å²) in [7, 11) is 1.67. The fourth-order valence-electron chi connectivity index (χ4n) is 3.74. The Kier molecular flexibility index (Phi) is 4.66. The zero-order valence-electron chi connectivity index (χ0n) is 12.8. The third-order valence-corrected chi connectivity index (χ3v) is 4.89. The molecule has 2 fully saturated rings. The first-order chi connectivity index (χ1) is 10.3. The average molecular weight is 290 g/mol. The number of phenols is 1. The molecule has 0 spiro atoms. The second-order valence-corrected chi connectivity index (χ2v) is 6.23. The lowest BCUT2D eigenvalue weighted by Gasteiger charge is -2.39. The van der Waals surface area contributed by atoms with Crippen molar-refractivity contribution in [1.82, 2.24) is 10.2 Å². The fraction of sp³-hybridized carbons (Fsp3) is 0.647. The number of methoxy groups -OCH3 is 1. The van der Waals surface area contributed by atoms with E-state index in [1.165, 1.54) is 32.1 Å². The number of nitrogens with one attached hydrogen (secondary N) is 1. The molecule has 2 saturated heterocycles. The van der Waals surface area contributed by atoms with E-state index in [0.29, 0.717) is 17.8 Å². The van der Waals surface area contributed by atoms with E-state index in [9.17, 15) is 5.11 Å². The van der Waals surface area contributed by atoms with Gasteiger partial charge in [-0.15, -0.1) is 0 Å². The van der Waals surface area contributed by atoms with Gasteiger partial charge in [-0.05, 0) is 57.0 Å². The molecule has 2 heterocycles. The van der Waals surface area contributed by atoms with Crippen LogP contribution in [0.3, 0.4) is 0 Å². The van der Waals surface area contributed by atoms with Crippen molar-refractivity contribution in [3.8, 4) is 11.5 Å². The van der Waals surface area contributed by atoms with Crippen LogP contribution in [-0.2, 0) is 6.54 Å². The van der Waals surface area contributed by atoms with Crippen LogP contribution >= 0.6 is 0 Å². The average Bonchev–Trinajstić information content (AvgIpc) is 3.04. The molecule has 0 radical (unpaired) electrons. The molecule has 4 heteroatoms. The van der Waals surface area contributed by atoms with Gasteiger partial charge >= 0.3 is 0 Å². The largest absolute Gasteiger partial charge is 0.508 e. The topological polar surface area (TPSA) is 44.7 Å². The zero-order valence-corrected chi connectivity index (χ0v) is 12.8. The molecule has 2 aliphatic rings. The van der Waals surface area contributed by atoms with Gasteiger partial charge in [-0.3, -0.25) is 4.90 Å². The van der Waals surface area contributed by atoms with Gasteiger partial charge < -0.3 is 15.2 Å². The van der Waals surface area contributed by atoms with Crippen molar-refractivity contribution in [2.45, 2.75) is 50.7 Å². The highest BCUT2D eigenvalue weighted by molar-refractivity contribution is 5.39. The van der Waals surface area contributed by atoms with Gasteiger partial charge in [0.15, 0.2) is 0 Å². The maximum atomic E-state index is 10.1. The summed E-state index contributed by atoms with van der Waals surface area (Å²) < 4.78 is 5.28. The molecule has 1 aromatic rings. The van der Waals surface area contributed by atoms with Gasteiger partial charge in [-0.2, -0.15) is 0 Å². The second kappa shape index (κ2) is 6.67. The van der Waals surface area contributed by atoms with Crippen molar-refractivity contribution in [2.24, 2.45) is 0 Å². The standard InChI is InChI=1S/C17H26N2O2/c1-21-14-7-8-17(20)13(11-14)12-19-10-3-2-6-16(19)15-5-4-9-18-15/h7-8,11,15-16,18,20H,2-6,9-10,12H2,1H3. The number of nitrogens with zero attached hydrogens (tertiary/aromatic N) is 1. The summed E-state index contributed by atoms with van der Waals surface area (Å²) in [6, 6.07) is 6.74. The summed E-state index contributed by atoms with van der Waals surface area (Å²) in [6.45, 7) is 3.09. The Balaban J connectivity index is 1.74. The lowest BCUT2D eigenvalue weighted by atomic mass is 9.94. The van der Waals surface area contributed by atoms with Crippen LogP contribution in [0.15, 0.2) is 18.2 Å². The summed E-state index contributed by atoms with van der Waals surface area (Å²) in [6.07, 6.45) is 6.42. The van der Waals surface area contributed by atoms with Crippen LogP contribution in [0.2, 0.25) is 0 Å². The highest BCUT2D eigenvalue weighted by atomic mass is 16.5. The smallest absolute Gasteiger partial charge is 0.120 e. The molecule has 2 aliphatic heterocycles. The van der Waals surface area contributed by atoms with Gasteiger partial charge in [0, 0.05) is 24.2 Å². The number of rotatable bonds is 4. The van der Waals surface area contributed by atoms with Crippen LogP contribution in [0.4, 0.5) is 0 Å². The Bertz CT molecular complexity index is 472. The lowest BCUT2D eigenvalue weighted by Crippen LogP contribution is -2.49. The maximum absolute atomic E-state index is 10.1. The van der Waals surface area contributed by atoms with Gasteiger partial charge in [0.2, 0.25) is 0 Å². The van der Waals surface area contributed by atoms with E-state index >= 15 is 0 Å². The molecule has 2 N–H and O–H groups in total. The molecule has 0 aromatic heterocycles.